The number of aromatic nitrogens is 1. The van der Waals surface area contributed by atoms with Crippen LogP contribution in [0.2, 0.25) is 0 Å². The molecule has 1 atom stereocenters. The first-order valence-electron chi connectivity index (χ1n) is 8.67. The smallest absolute Gasteiger partial charge is 0.252 e. The van der Waals surface area contributed by atoms with Gasteiger partial charge in [0.2, 0.25) is 0 Å². The Bertz CT molecular complexity index is 744. The van der Waals surface area contributed by atoms with Gasteiger partial charge in [-0.2, -0.15) is 0 Å². The number of ether oxygens (including phenoxy) is 2. The van der Waals surface area contributed by atoms with Crippen molar-refractivity contribution >= 4 is 11.7 Å². The number of carbonyl (C=O) groups is 1. The average molecular weight is 339 g/mol. The first-order valence-corrected chi connectivity index (χ1v) is 8.67. The Balaban J connectivity index is 1.23. The van der Waals surface area contributed by atoms with E-state index in [9.17, 15) is 4.79 Å². The van der Waals surface area contributed by atoms with Gasteiger partial charge in [-0.25, -0.2) is 4.98 Å². The molecule has 6 heteroatoms. The van der Waals surface area contributed by atoms with Crippen LogP contribution < -0.4 is 20.1 Å². The van der Waals surface area contributed by atoms with Crippen molar-refractivity contribution in [1.29, 1.82) is 0 Å². The molecule has 130 valence electrons. The van der Waals surface area contributed by atoms with Crippen molar-refractivity contribution in [3.05, 3.63) is 48.2 Å². The second kappa shape index (κ2) is 7.01. The summed E-state index contributed by atoms with van der Waals surface area (Å²) in [5.41, 5.74) is 0.563. The SMILES string of the molecule is O=C(NCCC1COc2ccccc2O1)c1ccc(NC2CC2)nc1. The van der Waals surface area contributed by atoms with E-state index in [2.05, 4.69) is 15.6 Å². The number of anilines is 1. The van der Waals surface area contributed by atoms with Crippen molar-refractivity contribution in [3.8, 4) is 11.5 Å². The highest BCUT2D eigenvalue weighted by Gasteiger charge is 2.22. The summed E-state index contributed by atoms with van der Waals surface area (Å²) in [4.78, 5) is 16.5. The second-order valence-electron chi connectivity index (χ2n) is 6.39. The maximum atomic E-state index is 12.2. The van der Waals surface area contributed by atoms with E-state index >= 15 is 0 Å². The molecule has 1 amide bonds. The van der Waals surface area contributed by atoms with Crippen LogP contribution >= 0.6 is 0 Å². The molecule has 2 N–H and O–H groups in total. The summed E-state index contributed by atoms with van der Waals surface area (Å²) in [6, 6.07) is 11.8. The number of nitrogens with one attached hydrogen (secondary N) is 2. The molecule has 1 aromatic carbocycles. The summed E-state index contributed by atoms with van der Waals surface area (Å²) >= 11 is 0. The van der Waals surface area contributed by atoms with E-state index in [0.29, 0.717) is 31.2 Å². The van der Waals surface area contributed by atoms with E-state index in [0.717, 1.165) is 17.3 Å². The lowest BCUT2D eigenvalue weighted by molar-refractivity contribution is 0.0812. The van der Waals surface area contributed by atoms with Gasteiger partial charge in [-0.3, -0.25) is 4.79 Å². The van der Waals surface area contributed by atoms with Gasteiger partial charge in [0.15, 0.2) is 11.5 Å². The van der Waals surface area contributed by atoms with Gasteiger partial charge in [0, 0.05) is 25.2 Å². The summed E-state index contributed by atoms with van der Waals surface area (Å²) in [6.07, 6.45) is 4.63. The van der Waals surface area contributed by atoms with Gasteiger partial charge in [0.05, 0.1) is 5.56 Å². The van der Waals surface area contributed by atoms with E-state index in [-0.39, 0.29) is 12.0 Å². The van der Waals surface area contributed by atoms with Gasteiger partial charge in [0.1, 0.15) is 18.5 Å². The molecule has 0 bridgehead atoms. The molecular weight excluding hydrogens is 318 g/mol. The topological polar surface area (TPSA) is 72.5 Å². The molecule has 1 fully saturated rings. The Labute approximate surface area is 146 Å². The summed E-state index contributed by atoms with van der Waals surface area (Å²) in [7, 11) is 0. The third-order valence-corrected chi connectivity index (χ3v) is 4.27. The van der Waals surface area contributed by atoms with Crippen LogP contribution in [-0.4, -0.2) is 36.2 Å². The minimum absolute atomic E-state index is 0.0570. The first-order chi connectivity index (χ1) is 12.3. The maximum absolute atomic E-state index is 12.2. The number of carbonyl (C=O) groups excluding carboxylic acids is 1. The van der Waals surface area contributed by atoms with Crippen molar-refractivity contribution < 1.29 is 14.3 Å². The molecule has 4 rings (SSSR count). The highest BCUT2D eigenvalue weighted by Crippen LogP contribution is 2.31. The predicted octanol–water partition coefficient (Wildman–Crippen LogP) is 2.62. The van der Waals surface area contributed by atoms with Crippen LogP contribution in [0, 0.1) is 0 Å². The summed E-state index contributed by atoms with van der Waals surface area (Å²) < 4.78 is 11.6. The summed E-state index contributed by atoms with van der Waals surface area (Å²) in [5.74, 6) is 2.23. The molecule has 1 aromatic heterocycles. The Morgan fingerprint density at radius 1 is 1.16 bits per heavy atom. The molecule has 2 heterocycles. The van der Waals surface area contributed by atoms with Crippen LogP contribution in [-0.2, 0) is 0 Å². The van der Waals surface area contributed by atoms with Gasteiger partial charge in [-0.15, -0.1) is 0 Å². The largest absolute Gasteiger partial charge is 0.486 e. The number of amides is 1. The molecule has 25 heavy (non-hydrogen) atoms. The van der Waals surface area contributed by atoms with Crippen molar-refractivity contribution in [2.75, 3.05) is 18.5 Å². The molecule has 2 aromatic rings. The van der Waals surface area contributed by atoms with E-state index in [4.69, 9.17) is 9.47 Å². The van der Waals surface area contributed by atoms with Crippen LogP contribution in [0.1, 0.15) is 29.6 Å². The monoisotopic (exact) mass is 339 g/mol. The van der Waals surface area contributed by atoms with Crippen molar-refractivity contribution in [3.63, 3.8) is 0 Å². The second-order valence-corrected chi connectivity index (χ2v) is 6.39. The number of hydrogen-bond donors (Lipinski definition) is 2. The minimum Gasteiger partial charge on any atom is -0.486 e. The summed E-state index contributed by atoms with van der Waals surface area (Å²) in [5, 5.41) is 6.21. The zero-order valence-electron chi connectivity index (χ0n) is 13.9. The van der Waals surface area contributed by atoms with E-state index in [1.54, 1.807) is 12.3 Å². The number of para-hydroxylation sites is 2. The maximum Gasteiger partial charge on any atom is 0.252 e. The Morgan fingerprint density at radius 3 is 2.76 bits per heavy atom. The highest BCUT2D eigenvalue weighted by molar-refractivity contribution is 5.94. The molecule has 1 saturated carbocycles. The zero-order chi connectivity index (χ0) is 17.1. The average Bonchev–Trinajstić information content (AvgIpc) is 3.46. The van der Waals surface area contributed by atoms with Crippen LogP contribution in [0.15, 0.2) is 42.6 Å². The standard InChI is InChI=1S/C19H21N3O3/c23-19(13-5-8-18(21-11-13)22-14-6-7-14)20-10-9-15-12-24-16-3-1-2-4-17(16)25-15/h1-5,8,11,14-15H,6-7,9-10,12H2,(H,20,23)(H,21,22). The molecule has 0 spiro atoms. The number of benzene rings is 1. The van der Waals surface area contributed by atoms with Crippen LogP contribution in [0.25, 0.3) is 0 Å². The Hall–Kier alpha value is -2.76. The molecule has 6 nitrogen and oxygen atoms in total. The lowest BCUT2D eigenvalue weighted by Gasteiger charge is -2.26. The van der Waals surface area contributed by atoms with E-state index in [1.807, 2.05) is 30.3 Å². The molecule has 0 radical (unpaired) electrons. The molecule has 1 aliphatic heterocycles. The first kappa shape index (κ1) is 15.7. The van der Waals surface area contributed by atoms with Crippen LogP contribution in [0.3, 0.4) is 0 Å². The van der Waals surface area contributed by atoms with Crippen molar-refractivity contribution in [2.45, 2.75) is 31.4 Å². The molecular formula is C19H21N3O3. The van der Waals surface area contributed by atoms with Gasteiger partial charge < -0.3 is 20.1 Å². The van der Waals surface area contributed by atoms with Gasteiger partial charge in [0.25, 0.3) is 5.91 Å². The lowest BCUT2D eigenvalue weighted by Crippen LogP contribution is -2.34. The lowest BCUT2D eigenvalue weighted by atomic mass is 10.2. The molecule has 2 aliphatic rings. The fourth-order valence-electron chi connectivity index (χ4n) is 2.70. The third-order valence-electron chi connectivity index (χ3n) is 4.27. The molecule has 1 unspecified atom stereocenters. The fourth-order valence-corrected chi connectivity index (χ4v) is 2.70. The number of nitrogens with zero attached hydrogens (tertiary/aromatic N) is 1. The third kappa shape index (κ3) is 4.02. The quantitative estimate of drug-likeness (QED) is 0.846. The van der Waals surface area contributed by atoms with Crippen LogP contribution in [0.5, 0.6) is 11.5 Å². The van der Waals surface area contributed by atoms with E-state index in [1.165, 1.54) is 12.8 Å². The molecule has 0 saturated heterocycles. The highest BCUT2D eigenvalue weighted by atomic mass is 16.6. The van der Waals surface area contributed by atoms with Gasteiger partial charge in [-0.1, -0.05) is 12.1 Å². The molecule has 1 aliphatic carbocycles. The summed E-state index contributed by atoms with van der Waals surface area (Å²) in [6.45, 7) is 1.02. The Kier molecular flexibility index (Phi) is 4.41. The normalized spacial score (nSPS) is 18.5. The Morgan fingerprint density at radius 2 is 2.00 bits per heavy atom. The fraction of sp³-hybridized carbons (Fsp3) is 0.368. The van der Waals surface area contributed by atoms with Crippen molar-refractivity contribution in [2.24, 2.45) is 0 Å². The number of pyridine rings is 1. The van der Waals surface area contributed by atoms with Gasteiger partial charge in [-0.05, 0) is 37.1 Å². The van der Waals surface area contributed by atoms with Crippen LogP contribution in [0.4, 0.5) is 5.82 Å². The number of hydrogen-bond acceptors (Lipinski definition) is 5. The predicted molar refractivity (Wildman–Crippen MR) is 94.2 cm³/mol. The minimum atomic E-state index is -0.123. The zero-order valence-corrected chi connectivity index (χ0v) is 13.9. The number of fused-ring (bicyclic) bond motifs is 1. The van der Waals surface area contributed by atoms with Crippen molar-refractivity contribution in [1.82, 2.24) is 10.3 Å². The van der Waals surface area contributed by atoms with E-state index < -0.39 is 0 Å². The van der Waals surface area contributed by atoms with Gasteiger partial charge >= 0.3 is 0 Å². The number of rotatable bonds is 6.